The van der Waals surface area contributed by atoms with Crippen LogP contribution >= 0.6 is 0 Å². The molecule has 0 fully saturated rings. The molecule has 0 aliphatic rings. The van der Waals surface area contributed by atoms with E-state index in [9.17, 15) is 4.79 Å². The quantitative estimate of drug-likeness (QED) is 0.197. The lowest BCUT2D eigenvalue weighted by Crippen LogP contribution is -2.28. The fourth-order valence-electron chi connectivity index (χ4n) is 1.38. The van der Waals surface area contributed by atoms with Crippen molar-refractivity contribution in [3.05, 3.63) is 12.2 Å². The molecule has 7 nitrogen and oxygen atoms in total. The van der Waals surface area contributed by atoms with Crippen molar-refractivity contribution in [1.29, 1.82) is 0 Å². The minimum Gasteiger partial charge on any atom is -0.430 e. The summed E-state index contributed by atoms with van der Waals surface area (Å²) in [6.45, 7) is 9.77. The summed E-state index contributed by atoms with van der Waals surface area (Å²) in [6.07, 6.45) is 1.14. The number of carbonyl (C=O) groups is 1. The molecule has 1 unspecified atom stereocenters. The first-order chi connectivity index (χ1) is 11.1. The van der Waals surface area contributed by atoms with Gasteiger partial charge in [0, 0.05) is 5.57 Å². The third kappa shape index (κ3) is 14.3. The van der Waals surface area contributed by atoms with E-state index >= 15 is 0 Å². The molecule has 0 aromatic carbocycles. The van der Waals surface area contributed by atoms with Crippen molar-refractivity contribution in [2.45, 2.75) is 33.0 Å². The molecule has 1 N–H and O–H groups in total. The van der Waals surface area contributed by atoms with Crippen LogP contribution in [0.4, 0.5) is 0 Å². The second-order valence-electron chi connectivity index (χ2n) is 4.86. The Kier molecular flexibility index (Phi) is 15.2. The zero-order valence-corrected chi connectivity index (χ0v) is 14.3. The normalized spacial score (nSPS) is 12.1. The van der Waals surface area contributed by atoms with E-state index in [1.54, 1.807) is 6.92 Å². The highest BCUT2D eigenvalue weighted by Crippen LogP contribution is 2.03. The Morgan fingerprint density at radius 3 is 2.22 bits per heavy atom. The van der Waals surface area contributed by atoms with E-state index in [0.29, 0.717) is 45.2 Å². The van der Waals surface area contributed by atoms with Gasteiger partial charge in [-0.25, -0.2) is 4.79 Å². The van der Waals surface area contributed by atoms with Crippen LogP contribution in [0.2, 0.25) is 0 Å². The first kappa shape index (κ1) is 22.0. The van der Waals surface area contributed by atoms with Crippen molar-refractivity contribution < 1.29 is 33.6 Å². The van der Waals surface area contributed by atoms with Gasteiger partial charge < -0.3 is 28.8 Å². The summed E-state index contributed by atoms with van der Waals surface area (Å²) in [6, 6.07) is 0. The number of rotatable bonds is 16. The molecule has 0 bridgehead atoms. The van der Waals surface area contributed by atoms with Gasteiger partial charge in [-0.3, -0.25) is 0 Å². The SMILES string of the molecule is C=C(C)C(=O)OC(COCCOCCOCCO)OCCCC. The molecule has 0 amide bonds. The smallest absolute Gasteiger partial charge is 0.335 e. The van der Waals surface area contributed by atoms with Crippen molar-refractivity contribution >= 4 is 5.97 Å². The van der Waals surface area contributed by atoms with E-state index in [4.69, 9.17) is 28.8 Å². The fraction of sp³-hybridized carbons (Fsp3) is 0.812. The van der Waals surface area contributed by atoms with E-state index in [0.717, 1.165) is 12.8 Å². The molecule has 0 saturated heterocycles. The Balaban J connectivity index is 3.77. The van der Waals surface area contributed by atoms with Crippen molar-refractivity contribution in [2.24, 2.45) is 0 Å². The second kappa shape index (κ2) is 15.9. The number of hydrogen-bond acceptors (Lipinski definition) is 7. The van der Waals surface area contributed by atoms with Crippen LogP contribution in [0, 0.1) is 0 Å². The molecule has 1 atom stereocenters. The highest BCUT2D eigenvalue weighted by Gasteiger charge is 2.15. The molecule has 0 spiro atoms. The Hall–Kier alpha value is -0.990. The molecular formula is C16H30O7. The minimum atomic E-state index is -0.737. The average Bonchev–Trinajstić information content (AvgIpc) is 2.53. The van der Waals surface area contributed by atoms with Gasteiger partial charge in [0.25, 0.3) is 0 Å². The molecule has 0 saturated carbocycles. The zero-order valence-electron chi connectivity index (χ0n) is 14.3. The predicted molar refractivity (Wildman–Crippen MR) is 85.1 cm³/mol. The monoisotopic (exact) mass is 334 g/mol. The van der Waals surface area contributed by atoms with Crippen LogP contribution in [0.5, 0.6) is 0 Å². The molecule has 0 aliphatic heterocycles. The first-order valence-electron chi connectivity index (χ1n) is 7.94. The van der Waals surface area contributed by atoms with Gasteiger partial charge in [-0.05, 0) is 13.3 Å². The van der Waals surface area contributed by atoms with Crippen molar-refractivity contribution in [3.63, 3.8) is 0 Å². The Labute approximate surface area is 138 Å². The van der Waals surface area contributed by atoms with E-state index < -0.39 is 12.3 Å². The van der Waals surface area contributed by atoms with Crippen molar-refractivity contribution in [3.8, 4) is 0 Å². The standard InChI is InChI=1S/C16H30O7/c1-4-5-7-22-15(23-16(18)14(2)3)13-21-12-11-20-10-9-19-8-6-17/h15,17H,2,4-13H2,1,3H3. The number of ether oxygens (including phenoxy) is 5. The molecule has 0 aromatic heterocycles. The topological polar surface area (TPSA) is 83.5 Å². The summed E-state index contributed by atoms with van der Waals surface area (Å²) in [5, 5.41) is 8.53. The number of aliphatic hydroxyl groups excluding tert-OH is 1. The second-order valence-corrected chi connectivity index (χ2v) is 4.86. The largest absolute Gasteiger partial charge is 0.430 e. The number of carbonyl (C=O) groups excluding carboxylic acids is 1. The number of hydrogen-bond donors (Lipinski definition) is 1. The van der Waals surface area contributed by atoms with E-state index in [1.165, 1.54) is 0 Å². The molecular weight excluding hydrogens is 304 g/mol. The maximum Gasteiger partial charge on any atom is 0.335 e. The minimum absolute atomic E-state index is 0.00539. The van der Waals surface area contributed by atoms with Crippen LogP contribution in [-0.4, -0.2) is 70.2 Å². The molecule has 7 heteroatoms. The summed E-state index contributed by atoms with van der Waals surface area (Å²) in [7, 11) is 0. The summed E-state index contributed by atoms with van der Waals surface area (Å²) >= 11 is 0. The third-order valence-corrected chi connectivity index (χ3v) is 2.62. The lowest BCUT2D eigenvalue weighted by Gasteiger charge is -2.18. The van der Waals surface area contributed by atoms with Crippen LogP contribution in [0.1, 0.15) is 26.7 Å². The van der Waals surface area contributed by atoms with Gasteiger partial charge in [-0.15, -0.1) is 0 Å². The number of esters is 1. The van der Waals surface area contributed by atoms with Crippen molar-refractivity contribution in [2.75, 3.05) is 52.9 Å². The Morgan fingerprint density at radius 1 is 1.04 bits per heavy atom. The van der Waals surface area contributed by atoms with Crippen LogP contribution in [0.15, 0.2) is 12.2 Å². The molecule has 0 aromatic rings. The van der Waals surface area contributed by atoms with Gasteiger partial charge in [0.2, 0.25) is 6.29 Å². The zero-order chi connectivity index (χ0) is 17.3. The van der Waals surface area contributed by atoms with Gasteiger partial charge >= 0.3 is 5.97 Å². The maximum absolute atomic E-state index is 11.5. The summed E-state index contributed by atoms with van der Waals surface area (Å²) in [5.41, 5.74) is 0.320. The third-order valence-electron chi connectivity index (χ3n) is 2.62. The lowest BCUT2D eigenvalue weighted by molar-refractivity contribution is -0.188. The van der Waals surface area contributed by atoms with E-state index in [-0.39, 0.29) is 13.2 Å². The fourth-order valence-corrected chi connectivity index (χ4v) is 1.38. The van der Waals surface area contributed by atoms with Gasteiger partial charge in [-0.1, -0.05) is 19.9 Å². The summed E-state index contributed by atoms with van der Waals surface area (Å²) in [4.78, 5) is 11.5. The summed E-state index contributed by atoms with van der Waals surface area (Å²) < 4.78 is 26.4. The molecule has 23 heavy (non-hydrogen) atoms. The Bertz CT molecular complexity index is 307. The first-order valence-corrected chi connectivity index (χ1v) is 7.94. The highest BCUT2D eigenvalue weighted by atomic mass is 16.7. The van der Waals surface area contributed by atoms with Gasteiger partial charge in [0.1, 0.15) is 6.61 Å². The number of unbranched alkanes of at least 4 members (excludes halogenated alkanes) is 1. The molecule has 136 valence electrons. The molecule has 0 rings (SSSR count). The van der Waals surface area contributed by atoms with Gasteiger partial charge in [0.15, 0.2) is 0 Å². The predicted octanol–water partition coefficient (Wildman–Crippen LogP) is 1.29. The van der Waals surface area contributed by atoms with Gasteiger partial charge in [-0.2, -0.15) is 0 Å². The van der Waals surface area contributed by atoms with E-state index in [2.05, 4.69) is 13.5 Å². The maximum atomic E-state index is 11.5. The lowest BCUT2D eigenvalue weighted by atomic mass is 10.3. The molecule has 0 aliphatic carbocycles. The van der Waals surface area contributed by atoms with Crippen LogP contribution < -0.4 is 0 Å². The average molecular weight is 334 g/mol. The van der Waals surface area contributed by atoms with Crippen molar-refractivity contribution in [1.82, 2.24) is 0 Å². The molecule has 0 radical (unpaired) electrons. The summed E-state index contributed by atoms with van der Waals surface area (Å²) in [5.74, 6) is -0.493. The van der Waals surface area contributed by atoms with Crippen LogP contribution in [0.25, 0.3) is 0 Å². The van der Waals surface area contributed by atoms with E-state index in [1.807, 2.05) is 0 Å². The highest BCUT2D eigenvalue weighted by molar-refractivity contribution is 5.87. The Morgan fingerprint density at radius 2 is 1.65 bits per heavy atom. The van der Waals surface area contributed by atoms with Crippen LogP contribution in [0.3, 0.4) is 0 Å². The van der Waals surface area contributed by atoms with Gasteiger partial charge in [0.05, 0.1) is 46.2 Å². The molecule has 0 heterocycles. The van der Waals surface area contributed by atoms with Crippen LogP contribution in [-0.2, 0) is 28.5 Å². The number of aliphatic hydroxyl groups is 1.